The molecule has 0 aromatic heterocycles. The summed E-state index contributed by atoms with van der Waals surface area (Å²) in [6.07, 6.45) is -8.17. The van der Waals surface area contributed by atoms with Gasteiger partial charge in [0, 0.05) is 11.1 Å². The first-order chi connectivity index (χ1) is 20.0. The molecule has 42 heavy (non-hydrogen) atoms. The minimum atomic E-state index is -1.95. The highest BCUT2D eigenvalue weighted by atomic mass is 16.5. The number of hydrogen-bond donors (Lipinski definition) is 6. The molecule has 0 fully saturated rings. The van der Waals surface area contributed by atoms with Crippen molar-refractivity contribution < 1.29 is 59.1 Å². The molecule has 2 aromatic rings. The van der Waals surface area contributed by atoms with Crippen LogP contribution < -0.4 is 28.4 Å². The monoisotopic (exact) mass is 598 g/mol. The highest BCUT2D eigenvalue weighted by Gasteiger charge is 2.39. The Morgan fingerprint density at radius 2 is 0.952 bits per heavy atom. The van der Waals surface area contributed by atoms with Crippen LogP contribution in [-0.2, 0) is 12.8 Å². The number of benzene rings is 2. The maximum absolute atomic E-state index is 11.4. The lowest BCUT2D eigenvalue weighted by molar-refractivity contribution is -0.149. The molecule has 2 rings (SSSR count). The van der Waals surface area contributed by atoms with Gasteiger partial charge in [0.1, 0.15) is 35.9 Å². The first kappa shape index (κ1) is 35.2. The van der Waals surface area contributed by atoms with Crippen LogP contribution in [0.4, 0.5) is 0 Å². The van der Waals surface area contributed by atoms with Gasteiger partial charge in [-0.05, 0) is 55.4 Å². The maximum Gasteiger partial charge on any atom is 0.167 e. The zero-order chi connectivity index (χ0) is 31.6. The normalized spacial score (nSPS) is 16.4. The quantitative estimate of drug-likeness (QED) is 0.144. The van der Waals surface area contributed by atoms with Crippen molar-refractivity contribution in [3.8, 4) is 34.5 Å². The first-order valence-electron chi connectivity index (χ1n) is 13.6. The molecule has 12 heteroatoms. The summed E-state index contributed by atoms with van der Waals surface area (Å²) in [5.41, 5.74) is 1.31. The van der Waals surface area contributed by atoms with Crippen LogP contribution in [0.3, 0.4) is 0 Å². The third-order valence-electron chi connectivity index (χ3n) is 7.49. The molecule has 0 bridgehead atoms. The Labute approximate surface area is 247 Å². The average Bonchev–Trinajstić information content (AvgIpc) is 3.01. The highest BCUT2D eigenvalue weighted by molar-refractivity contribution is 5.55. The topological polar surface area (TPSA) is 177 Å². The van der Waals surface area contributed by atoms with Crippen molar-refractivity contribution >= 4 is 0 Å². The number of aliphatic hydroxyl groups excluding tert-OH is 6. The Balaban J connectivity index is 2.53. The van der Waals surface area contributed by atoms with E-state index in [9.17, 15) is 30.6 Å². The molecule has 0 amide bonds. The fourth-order valence-corrected chi connectivity index (χ4v) is 5.29. The number of aliphatic hydroxyl groups is 6. The second-order valence-electron chi connectivity index (χ2n) is 10.2. The molecule has 0 heterocycles. The Morgan fingerprint density at radius 1 is 0.548 bits per heavy atom. The van der Waals surface area contributed by atoms with E-state index in [0.717, 1.165) is 5.56 Å². The van der Waals surface area contributed by atoms with Gasteiger partial charge in [0.05, 0.1) is 55.4 Å². The zero-order valence-corrected chi connectivity index (χ0v) is 25.3. The molecule has 0 radical (unpaired) electrons. The van der Waals surface area contributed by atoms with E-state index in [2.05, 4.69) is 0 Å². The number of rotatable bonds is 18. The standard InChI is InChI=1S/C30H46O12/c1-16(13-18-21(37-2)8-10-23(39-4)29(18)41-6)12-17(25(33)27(35)28(36)26(34)20(32)15-31)14-19-22(38-3)9-11-24(40-5)30(19)42-7/h8-11,16-17,20,25-28,31-36H,12-15H2,1-7H3/t16?,17?,20-,25?,26+,27+,28-/m0/s1. The van der Waals surface area contributed by atoms with E-state index in [1.54, 1.807) is 31.4 Å². The summed E-state index contributed by atoms with van der Waals surface area (Å²) in [4.78, 5) is 0. The van der Waals surface area contributed by atoms with Crippen LogP contribution in [0.25, 0.3) is 0 Å². The number of hydrogen-bond acceptors (Lipinski definition) is 12. The molecule has 0 aliphatic carbocycles. The van der Waals surface area contributed by atoms with E-state index in [-0.39, 0.29) is 12.3 Å². The van der Waals surface area contributed by atoms with Gasteiger partial charge < -0.3 is 59.1 Å². The molecule has 238 valence electrons. The number of methoxy groups -OCH3 is 6. The van der Waals surface area contributed by atoms with Gasteiger partial charge in [-0.15, -0.1) is 0 Å². The fraction of sp³-hybridized carbons (Fsp3) is 0.600. The Hall–Kier alpha value is -3.00. The van der Waals surface area contributed by atoms with E-state index in [1.165, 1.54) is 35.5 Å². The summed E-state index contributed by atoms with van der Waals surface area (Å²) >= 11 is 0. The van der Waals surface area contributed by atoms with Crippen molar-refractivity contribution in [2.75, 3.05) is 49.3 Å². The Kier molecular flexibility index (Phi) is 13.9. The molecule has 12 nitrogen and oxygen atoms in total. The van der Waals surface area contributed by atoms with E-state index in [0.29, 0.717) is 52.9 Å². The van der Waals surface area contributed by atoms with Crippen molar-refractivity contribution in [2.24, 2.45) is 11.8 Å². The summed E-state index contributed by atoms with van der Waals surface area (Å²) < 4.78 is 33.3. The van der Waals surface area contributed by atoms with Crippen LogP contribution in [0.15, 0.2) is 24.3 Å². The van der Waals surface area contributed by atoms with Crippen LogP contribution in [0.1, 0.15) is 24.5 Å². The Bertz CT molecular complexity index is 1110. The molecule has 6 N–H and O–H groups in total. The molecule has 0 spiro atoms. The maximum atomic E-state index is 11.4. The van der Waals surface area contributed by atoms with E-state index >= 15 is 0 Å². The van der Waals surface area contributed by atoms with Crippen molar-refractivity contribution in [3.05, 3.63) is 35.4 Å². The second-order valence-corrected chi connectivity index (χ2v) is 10.2. The third kappa shape index (κ3) is 8.09. The lowest BCUT2D eigenvalue weighted by Gasteiger charge is -2.34. The SMILES string of the molecule is COc1ccc(OC)c(OC)c1CC(C)CC(Cc1c(OC)ccc(OC)c1OC)C(O)[C@@H](O)[C@@H](O)[C@H](O)[C@@H](O)CO. The average molecular weight is 599 g/mol. The summed E-state index contributed by atoms with van der Waals surface area (Å²) in [7, 11) is 9.07. The first-order valence-corrected chi connectivity index (χ1v) is 13.6. The van der Waals surface area contributed by atoms with Crippen LogP contribution in [0, 0.1) is 11.8 Å². The van der Waals surface area contributed by atoms with Gasteiger partial charge in [0.2, 0.25) is 0 Å². The van der Waals surface area contributed by atoms with Gasteiger partial charge in [-0.2, -0.15) is 0 Å². The van der Waals surface area contributed by atoms with Crippen molar-refractivity contribution in [2.45, 2.75) is 56.7 Å². The van der Waals surface area contributed by atoms with Crippen molar-refractivity contribution in [1.29, 1.82) is 0 Å². The summed E-state index contributed by atoms with van der Waals surface area (Å²) in [5.74, 6) is 2.00. The molecule has 0 saturated heterocycles. The van der Waals surface area contributed by atoms with Gasteiger partial charge >= 0.3 is 0 Å². The van der Waals surface area contributed by atoms with Crippen LogP contribution >= 0.6 is 0 Å². The number of ether oxygens (including phenoxy) is 6. The molecular weight excluding hydrogens is 552 g/mol. The van der Waals surface area contributed by atoms with E-state index in [1.807, 2.05) is 6.92 Å². The molecular formula is C30H46O12. The smallest absolute Gasteiger partial charge is 0.167 e. The second kappa shape index (κ2) is 16.6. The van der Waals surface area contributed by atoms with Crippen LogP contribution in [0.2, 0.25) is 0 Å². The minimum Gasteiger partial charge on any atom is -0.496 e. The van der Waals surface area contributed by atoms with Crippen molar-refractivity contribution in [3.63, 3.8) is 0 Å². The molecule has 0 saturated carbocycles. The van der Waals surface area contributed by atoms with Crippen LogP contribution in [0.5, 0.6) is 34.5 Å². The Morgan fingerprint density at radius 3 is 1.36 bits per heavy atom. The predicted molar refractivity (Wildman–Crippen MR) is 154 cm³/mol. The van der Waals surface area contributed by atoms with Gasteiger partial charge in [-0.3, -0.25) is 0 Å². The van der Waals surface area contributed by atoms with E-state index < -0.39 is 43.0 Å². The van der Waals surface area contributed by atoms with Gasteiger partial charge in [-0.25, -0.2) is 0 Å². The lowest BCUT2D eigenvalue weighted by atomic mass is 9.80. The highest BCUT2D eigenvalue weighted by Crippen LogP contribution is 2.42. The summed E-state index contributed by atoms with van der Waals surface area (Å²) in [6, 6.07) is 6.89. The van der Waals surface area contributed by atoms with Crippen LogP contribution in [-0.4, -0.2) is 110 Å². The fourth-order valence-electron chi connectivity index (χ4n) is 5.29. The third-order valence-corrected chi connectivity index (χ3v) is 7.49. The van der Waals surface area contributed by atoms with Gasteiger partial charge in [-0.1, -0.05) is 6.92 Å². The molecule has 0 aliphatic rings. The van der Waals surface area contributed by atoms with Crippen molar-refractivity contribution in [1.82, 2.24) is 0 Å². The summed E-state index contributed by atoms with van der Waals surface area (Å²) in [5, 5.41) is 62.2. The summed E-state index contributed by atoms with van der Waals surface area (Å²) in [6.45, 7) is 1.11. The lowest BCUT2D eigenvalue weighted by Crippen LogP contribution is -2.52. The predicted octanol–water partition coefficient (Wildman–Crippen LogP) is 0.963. The molecule has 0 aliphatic heterocycles. The van der Waals surface area contributed by atoms with Gasteiger partial charge in [0.25, 0.3) is 0 Å². The molecule has 7 atom stereocenters. The molecule has 2 aromatic carbocycles. The zero-order valence-electron chi connectivity index (χ0n) is 25.3. The molecule has 3 unspecified atom stereocenters. The minimum absolute atomic E-state index is 0.115. The van der Waals surface area contributed by atoms with Gasteiger partial charge in [0.15, 0.2) is 23.0 Å². The largest absolute Gasteiger partial charge is 0.496 e. The van der Waals surface area contributed by atoms with E-state index in [4.69, 9.17) is 28.4 Å².